The molecule has 5 heteroatoms. The number of methoxy groups -OCH3 is 1. The molecule has 2 bridgehead atoms. The molecule has 2 aliphatic heterocycles. The highest BCUT2D eigenvalue weighted by molar-refractivity contribution is 5.65. The second-order valence-corrected chi connectivity index (χ2v) is 7.12. The molecule has 5 rings (SSSR count). The number of fused-ring (bicyclic) bond motifs is 6. The van der Waals surface area contributed by atoms with Crippen molar-refractivity contribution >= 4 is 5.65 Å². The lowest BCUT2D eigenvalue weighted by Gasteiger charge is -2.35. The maximum absolute atomic E-state index is 5.25. The Morgan fingerprint density at radius 3 is 2.88 bits per heavy atom. The van der Waals surface area contributed by atoms with Crippen LogP contribution in [0.2, 0.25) is 0 Å². The van der Waals surface area contributed by atoms with E-state index in [0.29, 0.717) is 12.1 Å². The molecule has 1 aromatic carbocycles. The Morgan fingerprint density at radius 1 is 1.27 bits per heavy atom. The first kappa shape index (κ1) is 15.6. The molecule has 26 heavy (non-hydrogen) atoms. The summed E-state index contributed by atoms with van der Waals surface area (Å²) in [6.45, 7) is 4.87. The van der Waals surface area contributed by atoms with Crippen molar-refractivity contribution in [3.8, 4) is 17.0 Å². The maximum Gasteiger partial charge on any atom is 0.155 e. The lowest BCUT2D eigenvalue weighted by Crippen LogP contribution is -2.38. The van der Waals surface area contributed by atoms with Gasteiger partial charge in [-0.1, -0.05) is 6.08 Å². The van der Waals surface area contributed by atoms with Crippen molar-refractivity contribution in [2.24, 2.45) is 0 Å². The van der Waals surface area contributed by atoms with Gasteiger partial charge in [-0.05, 0) is 37.1 Å². The number of hydrogen-bond donors (Lipinski definition) is 0. The third kappa shape index (κ3) is 2.27. The van der Waals surface area contributed by atoms with Gasteiger partial charge in [-0.15, -0.1) is 6.58 Å². The molecule has 2 aromatic heterocycles. The summed E-state index contributed by atoms with van der Waals surface area (Å²) < 4.78 is 7.31. The van der Waals surface area contributed by atoms with Gasteiger partial charge in [0.05, 0.1) is 18.5 Å². The van der Waals surface area contributed by atoms with Gasteiger partial charge in [-0.25, -0.2) is 9.50 Å². The molecule has 2 atom stereocenters. The zero-order valence-electron chi connectivity index (χ0n) is 14.9. The molecule has 4 heterocycles. The van der Waals surface area contributed by atoms with Crippen LogP contribution < -0.4 is 4.74 Å². The largest absolute Gasteiger partial charge is 0.497 e. The van der Waals surface area contributed by atoms with E-state index in [-0.39, 0.29) is 0 Å². The standard InChI is InChI=1S/C21H22N4O/c1-3-10-24-15-6-9-19(24)17-13-22-21-12-18(23-25(21)20(17)11-15)14-4-7-16(26-2)8-5-14/h3-5,7-8,12-13,15,19H,1,6,9-11H2,2H3/t15-,19-/m1/s1. The van der Waals surface area contributed by atoms with Crippen LogP contribution >= 0.6 is 0 Å². The molecule has 0 spiro atoms. The van der Waals surface area contributed by atoms with E-state index in [0.717, 1.165) is 35.6 Å². The Hall–Kier alpha value is -2.66. The fraction of sp³-hybridized carbons (Fsp3) is 0.333. The highest BCUT2D eigenvalue weighted by atomic mass is 16.5. The SMILES string of the molecule is C=CCN1[C@@H]2CC[C@@H]1c1cnc3cc(-c4ccc(OC)cc4)nn3c1C2. The second kappa shape index (κ2) is 5.95. The summed E-state index contributed by atoms with van der Waals surface area (Å²) in [5.41, 5.74) is 5.61. The van der Waals surface area contributed by atoms with E-state index in [1.54, 1.807) is 7.11 Å². The van der Waals surface area contributed by atoms with Crippen molar-refractivity contribution < 1.29 is 4.74 Å². The van der Waals surface area contributed by atoms with E-state index in [2.05, 4.69) is 28.3 Å². The lowest BCUT2D eigenvalue weighted by atomic mass is 9.99. The van der Waals surface area contributed by atoms with Gasteiger partial charge in [0.2, 0.25) is 0 Å². The molecule has 1 fully saturated rings. The topological polar surface area (TPSA) is 42.7 Å². The molecule has 2 aliphatic rings. The van der Waals surface area contributed by atoms with Crippen LogP contribution in [0.3, 0.4) is 0 Å². The molecule has 5 nitrogen and oxygen atoms in total. The predicted octanol–water partition coefficient (Wildman–Crippen LogP) is 3.65. The average Bonchev–Trinajstić information content (AvgIpc) is 3.23. The minimum atomic E-state index is 0.451. The van der Waals surface area contributed by atoms with Crippen LogP contribution in [0.25, 0.3) is 16.9 Å². The number of hydrogen-bond acceptors (Lipinski definition) is 4. The van der Waals surface area contributed by atoms with Crippen molar-refractivity contribution in [1.82, 2.24) is 19.5 Å². The van der Waals surface area contributed by atoms with E-state index in [4.69, 9.17) is 14.8 Å². The van der Waals surface area contributed by atoms with Gasteiger partial charge in [0, 0.05) is 48.4 Å². The first-order valence-corrected chi connectivity index (χ1v) is 9.17. The molecule has 0 aliphatic carbocycles. The zero-order valence-corrected chi connectivity index (χ0v) is 14.9. The van der Waals surface area contributed by atoms with Crippen LogP contribution in [0.4, 0.5) is 0 Å². The number of benzene rings is 1. The summed E-state index contributed by atoms with van der Waals surface area (Å²) in [6, 6.07) is 11.1. The lowest BCUT2D eigenvalue weighted by molar-refractivity contribution is 0.195. The molecule has 0 unspecified atom stereocenters. The Morgan fingerprint density at radius 2 is 2.12 bits per heavy atom. The fourth-order valence-corrected chi connectivity index (χ4v) is 4.52. The molecule has 3 aromatic rings. The summed E-state index contributed by atoms with van der Waals surface area (Å²) in [6.07, 6.45) is 7.54. The van der Waals surface area contributed by atoms with Gasteiger partial charge in [-0.2, -0.15) is 5.10 Å². The minimum Gasteiger partial charge on any atom is -0.497 e. The van der Waals surface area contributed by atoms with Gasteiger partial charge in [-0.3, -0.25) is 4.90 Å². The van der Waals surface area contributed by atoms with E-state index in [9.17, 15) is 0 Å². The van der Waals surface area contributed by atoms with Gasteiger partial charge < -0.3 is 4.74 Å². The number of ether oxygens (including phenoxy) is 1. The zero-order chi connectivity index (χ0) is 17.7. The van der Waals surface area contributed by atoms with Crippen LogP contribution in [0.15, 0.2) is 49.2 Å². The third-order valence-corrected chi connectivity index (χ3v) is 5.77. The highest BCUT2D eigenvalue weighted by Crippen LogP contribution is 2.43. The van der Waals surface area contributed by atoms with E-state index >= 15 is 0 Å². The van der Waals surface area contributed by atoms with Crippen LogP contribution in [0.5, 0.6) is 5.75 Å². The Bertz CT molecular complexity index is 976. The smallest absolute Gasteiger partial charge is 0.155 e. The van der Waals surface area contributed by atoms with Crippen molar-refractivity contribution in [3.63, 3.8) is 0 Å². The van der Waals surface area contributed by atoms with Gasteiger partial charge in [0.1, 0.15) is 5.75 Å². The van der Waals surface area contributed by atoms with Crippen molar-refractivity contribution in [3.05, 3.63) is 60.4 Å². The molecule has 0 N–H and O–H groups in total. The first-order valence-electron chi connectivity index (χ1n) is 9.17. The number of nitrogens with zero attached hydrogens (tertiary/aromatic N) is 4. The third-order valence-electron chi connectivity index (χ3n) is 5.77. The second-order valence-electron chi connectivity index (χ2n) is 7.12. The van der Waals surface area contributed by atoms with E-state index in [1.165, 1.54) is 24.1 Å². The summed E-state index contributed by atoms with van der Waals surface area (Å²) in [7, 11) is 1.68. The Labute approximate surface area is 152 Å². The van der Waals surface area contributed by atoms with Crippen molar-refractivity contribution in [2.75, 3.05) is 13.7 Å². The quantitative estimate of drug-likeness (QED) is 0.676. The number of aromatic nitrogens is 3. The predicted molar refractivity (Wildman–Crippen MR) is 101 cm³/mol. The van der Waals surface area contributed by atoms with Gasteiger partial charge >= 0.3 is 0 Å². The highest BCUT2D eigenvalue weighted by Gasteiger charge is 2.40. The first-order chi connectivity index (χ1) is 12.8. The van der Waals surface area contributed by atoms with Crippen molar-refractivity contribution in [2.45, 2.75) is 31.3 Å². The monoisotopic (exact) mass is 346 g/mol. The van der Waals surface area contributed by atoms with Gasteiger partial charge in [0.25, 0.3) is 0 Å². The normalized spacial score (nSPS) is 21.7. The molecular formula is C21H22N4O. The average molecular weight is 346 g/mol. The van der Waals surface area contributed by atoms with Crippen LogP contribution in [0, 0.1) is 0 Å². The molecule has 132 valence electrons. The van der Waals surface area contributed by atoms with E-state index < -0.39 is 0 Å². The Kier molecular flexibility index (Phi) is 3.57. The van der Waals surface area contributed by atoms with Gasteiger partial charge in [0.15, 0.2) is 5.65 Å². The Balaban J connectivity index is 1.58. The summed E-state index contributed by atoms with van der Waals surface area (Å²) in [5.74, 6) is 0.854. The van der Waals surface area contributed by atoms with Crippen LogP contribution in [0.1, 0.15) is 30.1 Å². The van der Waals surface area contributed by atoms with Crippen molar-refractivity contribution in [1.29, 1.82) is 0 Å². The fourth-order valence-electron chi connectivity index (χ4n) is 4.52. The maximum atomic E-state index is 5.25. The molecule has 0 saturated carbocycles. The summed E-state index contributed by atoms with van der Waals surface area (Å²) >= 11 is 0. The number of rotatable bonds is 4. The molecule has 0 amide bonds. The summed E-state index contributed by atoms with van der Waals surface area (Å²) in [5, 5.41) is 4.89. The van der Waals surface area contributed by atoms with E-state index in [1.807, 2.05) is 30.3 Å². The summed E-state index contributed by atoms with van der Waals surface area (Å²) in [4.78, 5) is 7.28. The van der Waals surface area contributed by atoms with Crippen LogP contribution in [-0.4, -0.2) is 39.2 Å². The molecular weight excluding hydrogens is 324 g/mol. The van der Waals surface area contributed by atoms with Crippen LogP contribution in [-0.2, 0) is 6.42 Å². The molecule has 1 saturated heterocycles. The molecule has 0 radical (unpaired) electrons. The minimum absolute atomic E-state index is 0.451.